The molecule has 0 heterocycles. The smallest absolute Gasteiger partial charge is 0.240 e. The van der Waals surface area contributed by atoms with Gasteiger partial charge < -0.3 is 5.32 Å². The van der Waals surface area contributed by atoms with Gasteiger partial charge in [-0.1, -0.05) is 60.6 Å². The molecule has 1 rings (SSSR count). The number of amides is 1. The van der Waals surface area contributed by atoms with Crippen LogP contribution in [0.4, 0.5) is 5.69 Å². The Morgan fingerprint density at radius 1 is 0.962 bits per heavy atom. The molecule has 0 aliphatic heterocycles. The molecule has 1 amide bonds. The predicted octanol–water partition coefficient (Wildman–Crippen LogP) is 5.29. The van der Waals surface area contributed by atoms with E-state index >= 15 is 0 Å². The summed E-state index contributed by atoms with van der Waals surface area (Å²) in [6.45, 7) is 18.8. The van der Waals surface area contributed by atoms with E-state index in [4.69, 9.17) is 0 Å². The zero-order chi connectivity index (χ0) is 20.4. The predicted molar refractivity (Wildman–Crippen MR) is 107 cm³/mol. The number of hydrogen-bond donors (Lipinski definition) is 1. The first-order chi connectivity index (χ1) is 11.6. The highest BCUT2D eigenvalue weighted by molar-refractivity contribution is 5.82. The summed E-state index contributed by atoms with van der Waals surface area (Å²) in [5.41, 5.74) is 0.756. The average molecular weight is 359 g/mol. The highest BCUT2D eigenvalue weighted by Crippen LogP contribution is 2.43. The maximum absolute atomic E-state index is 12.5. The van der Waals surface area contributed by atoms with Crippen LogP contribution in [0.3, 0.4) is 0 Å². The van der Waals surface area contributed by atoms with E-state index < -0.39 is 5.41 Å². The van der Waals surface area contributed by atoms with Crippen LogP contribution in [-0.2, 0) is 15.0 Å². The highest BCUT2D eigenvalue weighted by Gasteiger charge is 2.43. The summed E-state index contributed by atoms with van der Waals surface area (Å²) in [7, 11) is 0. The third-order valence-electron chi connectivity index (χ3n) is 5.51. The van der Waals surface area contributed by atoms with Gasteiger partial charge in [0.15, 0.2) is 0 Å². The molecular formula is C22H34N2O2. The van der Waals surface area contributed by atoms with E-state index in [0.29, 0.717) is 5.69 Å². The Kier molecular flexibility index (Phi) is 6.26. The van der Waals surface area contributed by atoms with E-state index in [0.717, 1.165) is 6.42 Å². The van der Waals surface area contributed by atoms with E-state index in [1.54, 1.807) is 6.08 Å². The normalized spacial score (nSPS) is 13.1. The van der Waals surface area contributed by atoms with Crippen molar-refractivity contribution in [3.63, 3.8) is 0 Å². The zero-order valence-corrected chi connectivity index (χ0v) is 17.8. The summed E-state index contributed by atoms with van der Waals surface area (Å²) in [4.78, 5) is 26.5. The van der Waals surface area contributed by atoms with Crippen LogP contribution in [0, 0.1) is 10.8 Å². The Balaban J connectivity index is 3.04. The van der Waals surface area contributed by atoms with Crippen molar-refractivity contribution < 1.29 is 9.59 Å². The molecule has 1 aromatic carbocycles. The lowest BCUT2D eigenvalue weighted by Gasteiger charge is -2.47. The van der Waals surface area contributed by atoms with Crippen LogP contribution in [0.15, 0.2) is 29.3 Å². The van der Waals surface area contributed by atoms with Gasteiger partial charge >= 0.3 is 0 Å². The molecule has 0 fully saturated rings. The average Bonchev–Trinajstić information content (AvgIpc) is 2.45. The fourth-order valence-corrected chi connectivity index (χ4v) is 3.11. The third-order valence-corrected chi connectivity index (χ3v) is 5.51. The van der Waals surface area contributed by atoms with Crippen molar-refractivity contribution in [3.05, 3.63) is 29.8 Å². The number of isocyanates is 1. The lowest BCUT2D eigenvalue weighted by molar-refractivity contribution is -0.131. The molecule has 144 valence electrons. The first-order valence-electron chi connectivity index (χ1n) is 9.13. The van der Waals surface area contributed by atoms with E-state index in [1.807, 2.05) is 45.0 Å². The molecule has 4 nitrogen and oxygen atoms in total. The Bertz CT molecular complexity index is 686. The Morgan fingerprint density at radius 3 is 1.88 bits per heavy atom. The lowest BCUT2D eigenvalue weighted by Crippen LogP contribution is -2.57. The standard InChI is InChI=1S/C22H34N2O2/c1-19(2,3)18(26)24-22(8,9)21(6,7)14-20(4,5)16-10-12-17(13-11-16)23-15-25/h10-13H,14H2,1-9H3,(H,24,26). The number of carbonyl (C=O) groups is 1. The maximum Gasteiger partial charge on any atom is 0.240 e. The summed E-state index contributed by atoms with van der Waals surface area (Å²) < 4.78 is 0. The second-order valence-electron chi connectivity index (χ2n) is 10.0. The molecule has 1 N–H and O–H groups in total. The Labute approximate surface area is 158 Å². The molecule has 0 aliphatic carbocycles. The fourth-order valence-electron chi connectivity index (χ4n) is 3.11. The molecular weight excluding hydrogens is 324 g/mol. The summed E-state index contributed by atoms with van der Waals surface area (Å²) in [6.07, 6.45) is 2.45. The van der Waals surface area contributed by atoms with Crippen LogP contribution >= 0.6 is 0 Å². The second kappa shape index (κ2) is 7.36. The Hall–Kier alpha value is -1.93. The highest BCUT2D eigenvalue weighted by atomic mass is 16.2. The number of hydrogen-bond acceptors (Lipinski definition) is 3. The Morgan fingerprint density at radius 2 is 1.46 bits per heavy atom. The largest absolute Gasteiger partial charge is 0.350 e. The van der Waals surface area contributed by atoms with Crippen LogP contribution in [0.5, 0.6) is 0 Å². The molecule has 1 aromatic rings. The van der Waals surface area contributed by atoms with Crippen molar-refractivity contribution in [2.75, 3.05) is 0 Å². The SMILES string of the molecule is CC(C)(C)C(=O)NC(C)(C)C(C)(C)CC(C)(C)c1ccc(N=C=O)cc1. The van der Waals surface area contributed by atoms with Crippen molar-refractivity contribution in [2.24, 2.45) is 15.8 Å². The van der Waals surface area contributed by atoms with Crippen LogP contribution in [0.1, 0.15) is 74.3 Å². The van der Waals surface area contributed by atoms with Crippen LogP contribution in [0.25, 0.3) is 0 Å². The van der Waals surface area contributed by atoms with E-state index in [1.165, 1.54) is 5.56 Å². The second-order valence-corrected chi connectivity index (χ2v) is 10.0. The van der Waals surface area contributed by atoms with Crippen molar-refractivity contribution in [3.8, 4) is 0 Å². The number of aliphatic imine (C=N–C) groups is 1. The molecule has 0 aromatic heterocycles. The summed E-state index contributed by atoms with van der Waals surface area (Å²) >= 11 is 0. The molecule has 0 radical (unpaired) electrons. The number of benzene rings is 1. The van der Waals surface area contributed by atoms with Gasteiger partial charge in [0, 0.05) is 11.0 Å². The van der Waals surface area contributed by atoms with Gasteiger partial charge in [0.1, 0.15) is 0 Å². The van der Waals surface area contributed by atoms with E-state index in [-0.39, 0.29) is 22.3 Å². The van der Waals surface area contributed by atoms with Crippen LogP contribution in [0.2, 0.25) is 0 Å². The number of rotatable bonds is 6. The van der Waals surface area contributed by atoms with Gasteiger partial charge in [0.05, 0.1) is 5.69 Å². The summed E-state index contributed by atoms with van der Waals surface area (Å²) in [6, 6.07) is 7.68. The fraction of sp³-hybridized carbons (Fsp3) is 0.636. The van der Waals surface area contributed by atoms with Gasteiger partial charge in [0.2, 0.25) is 12.0 Å². The maximum atomic E-state index is 12.5. The molecule has 0 bridgehead atoms. The molecule has 0 saturated heterocycles. The van der Waals surface area contributed by atoms with Crippen LogP contribution in [-0.4, -0.2) is 17.5 Å². The monoisotopic (exact) mass is 358 g/mol. The van der Waals surface area contributed by atoms with Gasteiger partial charge in [0.25, 0.3) is 0 Å². The molecule has 0 saturated carbocycles. The number of nitrogens with zero attached hydrogens (tertiary/aromatic N) is 1. The minimum atomic E-state index is -0.419. The van der Waals surface area contributed by atoms with Gasteiger partial charge in [-0.2, -0.15) is 4.99 Å². The molecule has 0 atom stereocenters. The van der Waals surface area contributed by atoms with E-state index in [9.17, 15) is 9.59 Å². The molecule has 4 heteroatoms. The van der Waals surface area contributed by atoms with Crippen molar-refractivity contribution in [1.29, 1.82) is 0 Å². The minimum Gasteiger partial charge on any atom is -0.350 e. The molecule has 0 unspecified atom stereocenters. The van der Waals surface area contributed by atoms with Crippen molar-refractivity contribution in [2.45, 2.75) is 79.7 Å². The van der Waals surface area contributed by atoms with Gasteiger partial charge in [-0.15, -0.1) is 0 Å². The van der Waals surface area contributed by atoms with Gasteiger partial charge in [-0.25, -0.2) is 4.79 Å². The minimum absolute atomic E-state index is 0.0597. The van der Waals surface area contributed by atoms with Crippen molar-refractivity contribution in [1.82, 2.24) is 5.32 Å². The third kappa shape index (κ3) is 5.28. The lowest BCUT2D eigenvalue weighted by atomic mass is 9.63. The first-order valence-corrected chi connectivity index (χ1v) is 9.13. The van der Waals surface area contributed by atoms with Crippen molar-refractivity contribution >= 4 is 17.7 Å². The van der Waals surface area contributed by atoms with Gasteiger partial charge in [-0.05, 0) is 48.8 Å². The molecule has 0 aliphatic rings. The quantitative estimate of drug-likeness (QED) is 0.555. The molecule has 0 spiro atoms. The number of nitrogens with one attached hydrogen (secondary N) is 1. The number of carbonyl (C=O) groups excluding carboxylic acids is 2. The zero-order valence-electron chi connectivity index (χ0n) is 17.8. The summed E-state index contributed by atoms with van der Waals surface area (Å²) in [5, 5.41) is 3.24. The molecule has 26 heavy (non-hydrogen) atoms. The topological polar surface area (TPSA) is 58.5 Å². The summed E-state index contributed by atoms with van der Waals surface area (Å²) in [5.74, 6) is 0.0597. The first kappa shape index (κ1) is 22.1. The van der Waals surface area contributed by atoms with Crippen LogP contribution < -0.4 is 5.32 Å². The van der Waals surface area contributed by atoms with E-state index in [2.05, 4.69) is 51.9 Å². The van der Waals surface area contributed by atoms with Gasteiger partial charge in [-0.3, -0.25) is 4.79 Å².